The third-order valence-electron chi connectivity index (χ3n) is 6.84. The standard InChI is InChI=1S/C27H34N4O4/c1-27(16-15-20-7-13-23(35-2)14-8-20)25(33)31(26(34)29-27)19-24(32)28-21-9-11-22(12-10-21)30-17-5-3-4-6-18-30/h7-14H,3-6,15-19H2,1-2H3,(H,28,32)(H,29,34)/t27-/m0/s1. The number of hydrogen-bond acceptors (Lipinski definition) is 5. The zero-order valence-corrected chi connectivity index (χ0v) is 20.5. The number of aryl methyl sites for hydroxylation is 1. The van der Waals surface area contributed by atoms with Gasteiger partial charge in [0.05, 0.1) is 7.11 Å². The predicted octanol–water partition coefficient (Wildman–Crippen LogP) is 3.96. The van der Waals surface area contributed by atoms with Crippen LogP contribution < -0.4 is 20.3 Å². The van der Waals surface area contributed by atoms with E-state index in [4.69, 9.17) is 4.74 Å². The molecule has 0 saturated carbocycles. The average Bonchev–Trinajstić information content (AvgIpc) is 3.05. The van der Waals surface area contributed by atoms with Crippen LogP contribution in [0.1, 0.15) is 44.6 Å². The van der Waals surface area contributed by atoms with E-state index in [1.165, 1.54) is 25.7 Å². The zero-order valence-electron chi connectivity index (χ0n) is 20.5. The molecule has 186 valence electrons. The molecule has 0 spiro atoms. The van der Waals surface area contributed by atoms with Crippen molar-refractivity contribution in [3.05, 3.63) is 54.1 Å². The molecule has 0 aliphatic carbocycles. The van der Waals surface area contributed by atoms with Gasteiger partial charge in [0.25, 0.3) is 5.91 Å². The van der Waals surface area contributed by atoms with Crippen LogP contribution in [-0.2, 0) is 16.0 Å². The van der Waals surface area contributed by atoms with Crippen LogP contribution in [0.25, 0.3) is 0 Å². The summed E-state index contributed by atoms with van der Waals surface area (Å²) in [5.41, 5.74) is 1.77. The summed E-state index contributed by atoms with van der Waals surface area (Å²) in [6, 6.07) is 14.8. The van der Waals surface area contributed by atoms with Gasteiger partial charge in [-0.3, -0.25) is 14.5 Å². The average molecular weight is 479 g/mol. The van der Waals surface area contributed by atoms with Crippen LogP contribution >= 0.6 is 0 Å². The fourth-order valence-electron chi connectivity index (χ4n) is 4.68. The van der Waals surface area contributed by atoms with Gasteiger partial charge in [-0.05, 0) is 74.6 Å². The van der Waals surface area contributed by atoms with Crippen molar-refractivity contribution in [3.63, 3.8) is 0 Å². The maximum Gasteiger partial charge on any atom is 0.325 e. The summed E-state index contributed by atoms with van der Waals surface area (Å²) in [5, 5.41) is 5.57. The molecule has 8 nitrogen and oxygen atoms in total. The number of methoxy groups -OCH3 is 1. The molecule has 2 N–H and O–H groups in total. The summed E-state index contributed by atoms with van der Waals surface area (Å²) in [6.07, 6.45) is 5.98. The molecule has 1 atom stereocenters. The van der Waals surface area contributed by atoms with E-state index >= 15 is 0 Å². The Labute approximate surface area is 206 Å². The number of hydrogen-bond donors (Lipinski definition) is 2. The van der Waals surface area contributed by atoms with Crippen molar-refractivity contribution < 1.29 is 19.1 Å². The summed E-state index contributed by atoms with van der Waals surface area (Å²) in [5.74, 6) is -0.0305. The summed E-state index contributed by atoms with van der Waals surface area (Å²) in [4.78, 5) is 41.6. The number of ether oxygens (including phenoxy) is 1. The van der Waals surface area contributed by atoms with Crippen molar-refractivity contribution in [1.29, 1.82) is 0 Å². The lowest BCUT2D eigenvalue weighted by Crippen LogP contribution is -2.45. The Hall–Kier alpha value is -3.55. The van der Waals surface area contributed by atoms with Crippen molar-refractivity contribution in [2.24, 2.45) is 0 Å². The number of carbonyl (C=O) groups is 3. The topological polar surface area (TPSA) is 91.0 Å². The second kappa shape index (κ2) is 10.8. The molecule has 2 saturated heterocycles. The first-order valence-electron chi connectivity index (χ1n) is 12.3. The van der Waals surface area contributed by atoms with Crippen LogP contribution in [0.2, 0.25) is 0 Å². The van der Waals surface area contributed by atoms with Crippen molar-refractivity contribution in [2.75, 3.05) is 37.0 Å². The molecule has 35 heavy (non-hydrogen) atoms. The van der Waals surface area contributed by atoms with E-state index in [1.807, 2.05) is 48.5 Å². The number of nitrogens with zero attached hydrogens (tertiary/aromatic N) is 2. The predicted molar refractivity (Wildman–Crippen MR) is 136 cm³/mol. The fourth-order valence-corrected chi connectivity index (χ4v) is 4.68. The van der Waals surface area contributed by atoms with E-state index < -0.39 is 17.5 Å². The highest BCUT2D eigenvalue weighted by atomic mass is 16.5. The molecule has 2 aromatic rings. The van der Waals surface area contributed by atoms with Gasteiger partial charge in [-0.2, -0.15) is 0 Å². The molecule has 0 unspecified atom stereocenters. The first-order chi connectivity index (χ1) is 16.9. The lowest BCUT2D eigenvalue weighted by atomic mass is 9.93. The third-order valence-corrected chi connectivity index (χ3v) is 6.84. The fraction of sp³-hybridized carbons (Fsp3) is 0.444. The molecule has 8 heteroatoms. The molecule has 4 amide bonds. The van der Waals surface area contributed by atoms with Gasteiger partial charge in [0.15, 0.2) is 0 Å². The van der Waals surface area contributed by atoms with Crippen molar-refractivity contribution in [1.82, 2.24) is 10.2 Å². The molecule has 0 radical (unpaired) electrons. The van der Waals surface area contributed by atoms with Crippen LogP contribution in [-0.4, -0.2) is 55.0 Å². The van der Waals surface area contributed by atoms with Gasteiger partial charge >= 0.3 is 6.03 Å². The van der Waals surface area contributed by atoms with E-state index in [0.29, 0.717) is 18.5 Å². The van der Waals surface area contributed by atoms with Crippen LogP contribution in [0.15, 0.2) is 48.5 Å². The molecule has 2 aromatic carbocycles. The van der Waals surface area contributed by atoms with Gasteiger partial charge in [0.2, 0.25) is 5.91 Å². The summed E-state index contributed by atoms with van der Waals surface area (Å²) in [7, 11) is 1.61. The molecular formula is C27H34N4O4. The minimum absolute atomic E-state index is 0.323. The Bertz CT molecular complexity index is 1050. The Morgan fingerprint density at radius 1 is 1.00 bits per heavy atom. The van der Waals surface area contributed by atoms with Gasteiger partial charge in [-0.15, -0.1) is 0 Å². The monoisotopic (exact) mass is 478 g/mol. The van der Waals surface area contributed by atoms with Crippen LogP contribution in [0.4, 0.5) is 16.2 Å². The SMILES string of the molecule is COc1ccc(CC[C@]2(C)NC(=O)N(CC(=O)Nc3ccc(N4CCCCCC4)cc3)C2=O)cc1. The molecule has 0 bridgehead atoms. The lowest BCUT2D eigenvalue weighted by Gasteiger charge is -2.23. The normalized spacial score (nSPS) is 20.4. The molecule has 4 rings (SSSR count). The minimum Gasteiger partial charge on any atom is -0.497 e. The van der Waals surface area contributed by atoms with E-state index in [1.54, 1.807) is 14.0 Å². The van der Waals surface area contributed by atoms with E-state index in [2.05, 4.69) is 15.5 Å². The molecule has 0 aromatic heterocycles. The number of carbonyl (C=O) groups excluding carboxylic acids is 3. The Morgan fingerprint density at radius 3 is 2.29 bits per heavy atom. The van der Waals surface area contributed by atoms with E-state index in [9.17, 15) is 14.4 Å². The van der Waals surface area contributed by atoms with Crippen molar-refractivity contribution in [2.45, 2.75) is 51.0 Å². The number of urea groups is 1. The van der Waals surface area contributed by atoms with E-state index in [-0.39, 0.29) is 12.5 Å². The third kappa shape index (κ3) is 5.93. The summed E-state index contributed by atoms with van der Waals surface area (Å²) in [6.45, 7) is 3.48. The number of benzene rings is 2. The zero-order chi connectivity index (χ0) is 24.8. The summed E-state index contributed by atoms with van der Waals surface area (Å²) < 4.78 is 5.17. The minimum atomic E-state index is -1.05. The second-order valence-electron chi connectivity index (χ2n) is 9.50. The molecule has 2 fully saturated rings. The van der Waals surface area contributed by atoms with Gasteiger partial charge in [0, 0.05) is 24.5 Å². The largest absolute Gasteiger partial charge is 0.497 e. The van der Waals surface area contributed by atoms with Crippen molar-refractivity contribution in [3.8, 4) is 5.75 Å². The molecule has 2 aliphatic rings. The van der Waals surface area contributed by atoms with E-state index in [0.717, 1.165) is 35.0 Å². The number of rotatable bonds is 8. The highest BCUT2D eigenvalue weighted by Gasteiger charge is 2.47. The van der Waals surface area contributed by atoms with Gasteiger partial charge in [-0.1, -0.05) is 25.0 Å². The lowest BCUT2D eigenvalue weighted by molar-refractivity contribution is -0.133. The second-order valence-corrected chi connectivity index (χ2v) is 9.50. The Morgan fingerprint density at radius 2 is 1.66 bits per heavy atom. The molecule has 2 aliphatic heterocycles. The Balaban J connectivity index is 1.31. The van der Waals surface area contributed by atoms with Crippen LogP contribution in [0, 0.1) is 0 Å². The quantitative estimate of drug-likeness (QED) is 0.561. The highest BCUT2D eigenvalue weighted by Crippen LogP contribution is 2.25. The number of nitrogens with one attached hydrogen (secondary N) is 2. The number of anilines is 2. The highest BCUT2D eigenvalue weighted by molar-refractivity contribution is 6.09. The Kier molecular flexibility index (Phi) is 7.58. The van der Waals surface area contributed by atoms with Gasteiger partial charge in [0.1, 0.15) is 17.8 Å². The molecule has 2 heterocycles. The number of imide groups is 1. The van der Waals surface area contributed by atoms with Gasteiger partial charge < -0.3 is 20.3 Å². The maximum absolute atomic E-state index is 13.0. The first kappa shape index (κ1) is 24.6. The number of amides is 4. The van der Waals surface area contributed by atoms with Crippen molar-refractivity contribution >= 4 is 29.2 Å². The molecular weight excluding hydrogens is 444 g/mol. The van der Waals surface area contributed by atoms with Crippen LogP contribution in [0.5, 0.6) is 5.75 Å². The van der Waals surface area contributed by atoms with Crippen LogP contribution in [0.3, 0.4) is 0 Å². The smallest absolute Gasteiger partial charge is 0.325 e. The summed E-state index contributed by atoms with van der Waals surface area (Å²) >= 11 is 0. The first-order valence-corrected chi connectivity index (χ1v) is 12.3. The maximum atomic E-state index is 13.0. The van der Waals surface area contributed by atoms with Gasteiger partial charge in [-0.25, -0.2) is 4.79 Å².